The van der Waals surface area contributed by atoms with Gasteiger partial charge in [0, 0.05) is 20.3 Å². The van der Waals surface area contributed by atoms with Gasteiger partial charge in [-0.2, -0.15) is 0 Å². The molecule has 0 aliphatic heterocycles. The van der Waals surface area contributed by atoms with Crippen LogP contribution in [-0.4, -0.2) is 25.4 Å². The molecule has 1 N–H and O–H groups in total. The van der Waals surface area contributed by atoms with Crippen LogP contribution in [0, 0.1) is 11.8 Å². The van der Waals surface area contributed by atoms with Crippen molar-refractivity contribution in [3.63, 3.8) is 0 Å². The minimum atomic E-state index is 0.338. The van der Waals surface area contributed by atoms with Gasteiger partial charge in [-0.15, -0.1) is 0 Å². The lowest BCUT2D eigenvalue weighted by Gasteiger charge is -2.19. The highest BCUT2D eigenvalue weighted by Gasteiger charge is 2.10. The van der Waals surface area contributed by atoms with E-state index in [9.17, 15) is 0 Å². The fourth-order valence-electron chi connectivity index (χ4n) is 1.87. The van der Waals surface area contributed by atoms with E-state index in [2.05, 4.69) is 13.8 Å². The molecular weight excluding hydrogens is 188 g/mol. The third kappa shape index (κ3) is 8.88. The van der Waals surface area contributed by atoms with Gasteiger partial charge in [-0.05, 0) is 31.1 Å². The predicted molar refractivity (Wildman–Crippen MR) is 65.0 cm³/mol. The Kier molecular flexibility index (Phi) is 10.4. The van der Waals surface area contributed by atoms with Crippen molar-refractivity contribution in [1.82, 2.24) is 0 Å². The molecule has 0 amide bonds. The predicted octanol–water partition coefficient (Wildman–Crippen LogP) is 3.24. The number of ether oxygens (including phenoxy) is 1. The molecule has 0 aliphatic rings. The van der Waals surface area contributed by atoms with Crippen molar-refractivity contribution in [1.29, 1.82) is 0 Å². The van der Waals surface area contributed by atoms with E-state index in [4.69, 9.17) is 9.84 Å². The van der Waals surface area contributed by atoms with Gasteiger partial charge in [-0.3, -0.25) is 0 Å². The zero-order chi connectivity index (χ0) is 11.5. The molecule has 15 heavy (non-hydrogen) atoms. The molecule has 0 aromatic heterocycles. The number of aliphatic hydroxyl groups excluding tert-OH is 1. The standard InChI is InChI=1S/C13H28O2/c1-12(13(2)9-7-10-14)8-5-4-6-11-15-3/h12-14H,4-11H2,1-3H3. The van der Waals surface area contributed by atoms with Crippen LogP contribution in [0.5, 0.6) is 0 Å². The zero-order valence-electron chi connectivity index (χ0n) is 10.7. The summed E-state index contributed by atoms with van der Waals surface area (Å²) in [6, 6.07) is 0. The number of methoxy groups -OCH3 is 1. The minimum Gasteiger partial charge on any atom is -0.396 e. The Balaban J connectivity index is 3.34. The van der Waals surface area contributed by atoms with Crippen LogP contribution in [0.15, 0.2) is 0 Å². The molecular formula is C13H28O2. The summed E-state index contributed by atoms with van der Waals surface area (Å²) >= 11 is 0. The van der Waals surface area contributed by atoms with Crippen molar-refractivity contribution in [3.05, 3.63) is 0 Å². The molecule has 92 valence electrons. The van der Waals surface area contributed by atoms with Crippen molar-refractivity contribution in [3.8, 4) is 0 Å². The van der Waals surface area contributed by atoms with Gasteiger partial charge in [-0.1, -0.05) is 33.1 Å². The average molecular weight is 216 g/mol. The molecule has 2 atom stereocenters. The Hall–Kier alpha value is -0.0800. The summed E-state index contributed by atoms with van der Waals surface area (Å²) in [6.45, 7) is 5.87. The first-order valence-electron chi connectivity index (χ1n) is 6.32. The van der Waals surface area contributed by atoms with Crippen molar-refractivity contribution < 1.29 is 9.84 Å². The maximum Gasteiger partial charge on any atom is 0.0462 e. The highest BCUT2D eigenvalue weighted by Crippen LogP contribution is 2.22. The first kappa shape index (κ1) is 14.9. The lowest BCUT2D eigenvalue weighted by molar-refractivity contribution is 0.190. The molecule has 0 aliphatic carbocycles. The van der Waals surface area contributed by atoms with Crippen molar-refractivity contribution >= 4 is 0 Å². The Morgan fingerprint density at radius 3 is 2.07 bits per heavy atom. The number of rotatable bonds is 10. The van der Waals surface area contributed by atoms with Gasteiger partial charge in [0.2, 0.25) is 0 Å². The molecule has 0 aromatic rings. The normalized spacial score (nSPS) is 15.2. The molecule has 0 saturated carbocycles. The van der Waals surface area contributed by atoms with Crippen LogP contribution in [0.25, 0.3) is 0 Å². The summed E-state index contributed by atoms with van der Waals surface area (Å²) in [5.41, 5.74) is 0. The van der Waals surface area contributed by atoms with E-state index in [0.29, 0.717) is 6.61 Å². The number of aliphatic hydroxyl groups is 1. The van der Waals surface area contributed by atoms with Crippen molar-refractivity contribution in [2.45, 2.75) is 52.4 Å². The van der Waals surface area contributed by atoms with Crippen molar-refractivity contribution in [2.24, 2.45) is 11.8 Å². The number of unbranched alkanes of at least 4 members (excludes halogenated alkanes) is 2. The van der Waals surface area contributed by atoms with Gasteiger partial charge in [0.1, 0.15) is 0 Å². The molecule has 0 rings (SSSR count). The number of hydrogen-bond donors (Lipinski definition) is 1. The second-order valence-corrected chi connectivity index (χ2v) is 4.66. The third-order valence-electron chi connectivity index (χ3n) is 3.30. The van der Waals surface area contributed by atoms with E-state index in [1.54, 1.807) is 7.11 Å². The smallest absolute Gasteiger partial charge is 0.0462 e. The molecule has 0 saturated heterocycles. The largest absolute Gasteiger partial charge is 0.396 e. The van der Waals surface area contributed by atoms with E-state index in [0.717, 1.165) is 31.3 Å². The fourth-order valence-corrected chi connectivity index (χ4v) is 1.87. The van der Waals surface area contributed by atoms with E-state index in [-0.39, 0.29) is 0 Å². The van der Waals surface area contributed by atoms with Gasteiger partial charge in [0.05, 0.1) is 0 Å². The van der Waals surface area contributed by atoms with E-state index >= 15 is 0 Å². The zero-order valence-corrected chi connectivity index (χ0v) is 10.7. The summed E-state index contributed by atoms with van der Waals surface area (Å²) in [5, 5.41) is 8.76. The SMILES string of the molecule is COCCCCCC(C)C(C)CCCO. The Bertz CT molecular complexity index is 126. The van der Waals surface area contributed by atoms with Crippen LogP contribution < -0.4 is 0 Å². The Morgan fingerprint density at radius 1 is 0.933 bits per heavy atom. The molecule has 2 nitrogen and oxygen atoms in total. The van der Waals surface area contributed by atoms with Crippen molar-refractivity contribution in [2.75, 3.05) is 20.3 Å². The number of hydrogen-bond acceptors (Lipinski definition) is 2. The maximum absolute atomic E-state index is 8.76. The average Bonchev–Trinajstić information content (AvgIpc) is 2.25. The highest BCUT2D eigenvalue weighted by molar-refractivity contribution is 4.62. The van der Waals surface area contributed by atoms with Gasteiger partial charge in [0.15, 0.2) is 0 Å². The molecule has 0 radical (unpaired) electrons. The summed E-state index contributed by atoms with van der Waals surface area (Å²) in [7, 11) is 1.76. The summed E-state index contributed by atoms with van der Waals surface area (Å²) in [5.74, 6) is 1.54. The van der Waals surface area contributed by atoms with E-state index in [1.807, 2.05) is 0 Å². The van der Waals surface area contributed by atoms with Gasteiger partial charge in [-0.25, -0.2) is 0 Å². The van der Waals surface area contributed by atoms with Crippen LogP contribution in [-0.2, 0) is 4.74 Å². The molecule has 0 spiro atoms. The summed E-state index contributed by atoms with van der Waals surface area (Å²) in [6.07, 6.45) is 7.22. The summed E-state index contributed by atoms with van der Waals surface area (Å²) in [4.78, 5) is 0. The first-order valence-corrected chi connectivity index (χ1v) is 6.32. The van der Waals surface area contributed by atoms with Crippen LogP contribution in [0.4, 0.5) is 0 Å². The Morgan fingerprint density at radius 2 is 1.53 bits per heavy atom. The second kappa shape index (κ2) is 10.4. The van der Waals surface area contributed by atoms with E-state index in [1.165, 1.54) is 25.7 Å². The van der Waals surface area contributed by atoms with Crippen LogP contribution in [0.3, 0.4) is 0 Å². The van der Waals surface area contributed by atoms with Crippen LogP contribution in [0.1, 0.15) is 52.4 Å². The second-order valence-electron chi connectivity index (χ2n) is 4.66. The fraction of sp³-hybridized carbons (Fsp3) is 1.00. The topological polar surface area (TPSA) is 29.5 Å². The molecule has 0 heterocycles. The Labute approximate surface area is 95.0 Å². The molecule has 2 heteroatoms. The molecule has 0 aromatic carbocycles. The van der Waals surface area contributed by atoms with Gasteiger partial charge < -0.3 is 9.84 Å². The molecule has 0 bridgehead atoms. The maximum atomic E-state index is 8.76. The first-order chi connectivity index (χ1) is 7.22. The third-order valence-corrected chi connectivity index (χ3v) is 3.30. The van der Waals surface area contributed by atoms with Gasteiger partial charge >= 0.3 is 0 Å². The van der Waals surface area contributed by atoms with E-state index < -0.39 is 0 Å². The lowest BCUT2D eigenvalue weighted by atomic mass is 9.87. The molecule has 0 fully saturated rings. The highest BCUT2D eigenvalue weighted by atomic mass is 16.5. The summed E-state index contributed by atoms with van der Waals surface area (Å²) < 4.78 is 5.02. The van der Waals surface area contributed by atoms with Gasteiger partial charge in [0.25, 0.3) is 0 Å². The van der Waals surface area contributed by atoms with Crippen LogP contribution in [0.2, 0.25) is 0 Å². The van der Waals surface area contributed by atoms with Crippen LogP contribution >= 0.6 is 0 Å². The molecule has 2 unspecified atom stereocenters. The monoisotopic (exact) mass is 216 g/mol. The quantitative estimate of drug-likeness (QED) is 0.568. The minimum absolute atomic E-state index is 0.338. The lowest BCUT2D eigenvalue weighted by Crippen LogP contribution is -2.08.